The summed E-state index contributed by atoms with van der Waals surface area (Å²) in [5, 5.41) is 2.94. The minimum absolute atomic E-state index is 0.190. The van der Waals surface area contributed by atoms with Gasteiger partial charge in [0.25, 0.3) is 5.91 Å². The Balaban J connectivity index is 1.61. The van der Waals surface area contributed by atoms with Crippen molar-refractivity contribution < 1.29 is 4.79 Å². The molecule has 7 nitrogen and oxygen atoms in total. The van der Waals surface area contributed by atoms with E-state index in [0.717, 1.165) is 37.2 Å². The van der Waals surface area contributed by atoms with Gasteiger partial charge in [-0.25, -0.2) is 4.98 Å². The molecule has 0 aromatic carbocycles. The number of carbonyl (C=O) groups excluding carboxylic acids is 1. The van der Waals surface area contributed by atoms with Gasteiger partial charge in [0, 0.05) is 37.2 Å². The Morgan fingerprint density at radius 1 is 1.00 bits per heavy atom. The highest BCUT2D eigenvalue weighted by molar-refractivity contribution is 6.07. The predicted molar refractivity (Wildman–Crippen MR) is 110 cm³/mol. The zero-order valence-corrected chi connectivity index (χ0v) is 15.5. The maximum atomic E-state index is 12.9. The maximum Gasteiger partial charge on any atom is 0.276 e. The van der Waals surface area contributed by atoms with Crippen LogP contribution in [0, 0.1) is 0 Å². The fourth-order valence-electron chi connectivity index (χ4n) is 3.40. The first-order valence-corrected chi connectivity index (χ1v) is 9.39. The molecule has 0 unspecified atom stereocenters. The van der Waals surface area contributed by atoms with Crippen LogP contribution in [0.5, 0.6) is 0 Å². The Bertz CT molecular complexity index is 970. The quantitative estimate of drug-likeness (QED) is 0.727. The Labute approximate surface area is 163 Å². The number of hydrogen-bond acceptors (Lipinski definition) is 6. The number of piperidine rings is 1. The third-order valence-corrected chi connectivity index (χ3v) is 4.84. The molecule has 0 aliphatic carbocycles. The Morgan fingerprint density at radius 2 is 1.82 bits per heavy atom. The standard InChI is InChI=1S/C21H22N6O/c22-16-6-7-17(15-5-4-9-23-13-15)25-20(16)21(28)26-18-14-24-10-8-19(18)27-11-2-1-3-12-27/h4-10,13-14H,1-3,11-12,22H2,(H,26,28). The largest absolute Gasteiger partial charge is 0.397 e. The number of nitrogen functional groups attached to an aromatic ring is 1. The van der Waals surface area contributed by atoms with Crippen molar-refractivity contribution in [1.82, 2.24) is 15.0 Å². The van der Waals surface area contributed by atoms with E-state index in [0.29, 0.717) is 17.1 Å². The number of amides is 1. The molecule has 4 heterocycles. The molecule has 1 aliphatic rings. The van der Waals surface area contributed by atoms with Gasteiger partial charge in [0.05, 0.1) is 29.0 Å². The molecule has 1 saturated heterocycles. The second kappa shape index (κ2) is 8.04. The second-order valence-electron chi connectivity index (χ2n) is 6.77. The molecular formula is C21H22N6O. The zero-order chi connectivity index (χ0) is 19.3. The van der Waals surface area contributed by atoms with E-state index in [1.165, 1.54) is 6.42 Å². The summed E-state index contributed by atoms with van der Waals surface area (Å²) in [6, 6.07) is 9.13. The lowest BCUT2D eigenvalue weighted by atomic mass is 10.1. The van der Waals surface area contributed by atoms with Crippen LogP contribution >= 0.6 is 0 Å². The van der Waals surface area contributed by atoms with Crippen molar-refractivity contribution in [3.05, 3.63) is 60.8 Å². The van der Waals surface area contributed by atoms with Gasteiger partial charge < -0.3 is 16.0 Å². The number of nitrogens with zero attached hydrogens (tertiary/aromatic N) is 4. The maximum absolute atomic E-state index is 12.9. The number of nitrogens with one attached hydrogen (secondary N) is 1. The molecule has 0 spiro atoms. The number of nitrogens with two attached hydrogens (primary N) is 1. The van der Waals surface area contributed by atoms with Crippen molar-refractivity contribution in [1.29, 1.82) is 0 Å². The fraction of sp³-hybridized carbons (Fsp3) is 0.238. The average molecular weight is 374 g/mol. The van der Waals surface area contributed by atoms with Gasteiger partial charge in [-0.3, -0.25) is 14.8 Å². The van der Waals surface area contributed by atoms with Crippen molar-refractivity contribution in [2.75, 3.05) is 29.0 Å². The van der Waals surface area contributed by atoms with Crippen LogP contribution in [0.1, 0.15) is 29.8 Å². The molecular weight excluding hydrogens is 352 g/mol. The monoisotopic (exact) mass is 374 g/mol. The van der Waals surface area contributed by atoms with Crippen molar-refractivity contribution in [2.24, 2.45) is 0 Å². The van der Waals surface area contributed by atoms with Crippen molar-refractivity contribution in [3.8, 4) is 11.3 Å². The van der Waals surface area contributed by atoms with Gasteiger partial charge in [-0.1, -0.05) is 0 Å². The number of anilines is 3. The van der Waals surface area contributed by atoms with Crippen LogP contribution in [-0.2, 0) is 0 Å². The average Bonchev–Trinajstić information content (AvgIpc) is 2.75. The van der Waals surface area contributed by atoms with Gasteiger partial charge in [0.15, 0.2) is 5.69 Å². The number of pyridine rings is 3. The van der Waals surface area contributed by atoms with Crippen molar-refractivity contribution >= 4 is 23.0 Å². The normalized spacial score (nSPS) is 13.9. The minimum atomic E-state index is -0.352. The van der Waals surface area contributed by atoms with Gasteiger partial charge in [0.2, 0.25) is 0 Å². The van der Waals surface area contributed by atoms with Crippen molar-refractivity contribution in [3.63, 3.8) is 0 Å². The molecule has 3 aromatic rings. The Morgan fingerprint density at radius 3 is 2.61 bits per heavy atom. The predicted octanol–water partition coefficient (Wildman–Crippen LogP) is 3.36. The molecule has 0 radical (unpaired) electrons. The highest BCUT2D eigenvalue weighted by Gasteiger charge is 2.19. The van der Waals surface area contributed by atoms with Gasteiger partial charge in [0.1, 0.15) is 0 Å². The summed E-state index contributed by atoms with van der Waals surface area (Å²) >= 11 is 0. The topological polar surface area (TPSA) is 97.0 Å². The van der Waals surface area contributed by atoms with E-state index in [1.807, 2.05) is 18.2 Å². The SMILES string of the molecule is Nc1ccc(-c2cccnc2)nc1C(=O)Nc1cnccc1N1CCCCC1. The fourth-order valence-corrected chi connectivity index (χ4v) is 3.40. The van der Waals surface area contributed by atoms with Crippen LogP contribution in [0.15, 0.2) is 55.1 Å². The Kier molecular flexibility index (Phi) is 5.14. The summed E-state index contributed by atoms with van der Waals surface area (Å²) in [4.78, 5) is 28.0. The molecule has 1 aliphatic heterocycles. The van der Waals surface area contributed by atoms with Gasteiger partial charge in [-0.05, 0) is 49.6 Å². The van der Waals surface area contributed by atoms with Crippen LogP contribution in [0.2, 0.25) is 0 Å². The molecule has 28 heavy (non-hydrogen) atoms. The van der Waals surface area contributed by atoms with Crippen LogP contribution < -0.4 is 16.0 Å². The molecule has 3 N–H and O–H groups in total. The second-order valence-corrected chi connectivity index (χ2v) is 6.77. The smallest absolute Gasteiger partial charge is 0.276 e. The summed E-state index contributed by atoms with van der Waals surface area (Å²) in [6.07, 6.45) is 10.4. The summed E-state index contributed by atoms with van der Waals surface area (Å²) in [6.45, 7) is 1.95. The third kappa shape index (κ3) is 3.78. The number of carbonyl (C=O) groups is 1. The number of rotatable bonds is 4. The summed E-state index contributed by atoms with van der Waals surface area (Å²) < 4.78 is 0. The summed E-state index contributed by atoms with van der Waals surface area (Å²) in [5.74, 6) is -0.352. The lowest BCUT2D eigenvalue weighted by Crippen LogP contribution is -2.30. The van der Waals surface area contributed by atoms with Crippen LogP contribution in [0.3, 0.4) is 0 Å². The molecule has 142 valence electrons. The zero-order valence-electron chi connectivity index (χ0n) is 15.5. The molecule has 1 amide bonds. The molecule has 4 rings (SSSR count). The number of aromatic nitrogens is 3. The van der Waals surface area contributed by atoms with E-state index in [4.69, 9.17) is 5.73 Å². The van der Waals surface area contributed by atoms with Crippen molar-refractivity contribution in [2.45, 2.75) is 19.3 Å². The van der Waals surface area contributed by atoms with Crippen LogP contribution in [0.25, 0.3) is 11.3 Å². The van der Waals surface area contributed by atoms with Crippen LogP contribution in [-0.4, -0.2) is 33.9 Å². The summed E-state index contributed by atoms with van der Waals surface area (Å²) in [7, 11) is 0. The van der Waals surface area contributed by atoms with Gasteiger partial charge in [-0.2, -0.15) is 0 Å². The minimum Gasteiger partial charge on any atom is -0.397 e. The van der Waals surface area contributed by atoms with E-state index in [-0.39, 0.29) is 11.6 Å². The number of hydrogen-bond donors (Lipinski definition) is 2. The first-order chi connectivity index (χ1) is 13.7. The highest BCUT2D eigenvalue weighted by atomic mass is 16.1. The molecule has 3 aromatic heterocycles. The highest BCUT2D eigenvalue weighted by Crippen LogP contribution is 2.28. The molecule has 0 atom stereocenters. The summed E-state index contributed by atoms with van der Waals surface area (Å²) in [5.41, 5.74) is 9.67. The van der Waals surface area contributed by atoms with E-state index >= 15 is 0 Å². The first kappa shape index (κ1) is 17.9. The molecule has 7 heteroatoms. The van der Waals surface area contributed by atoms with E-state index in [1.54, 1.807) is 36.9 Å². The molecule has 0 bridgehead atoms. The molecule has 1 fully saturated rings. The lowest BCUT2D eigenvalue weighted by molar-refractivity contribution is 0.102. The van der Waals surface area contributed by atoms with Gasteiger partial charge >= 0.3 is 0 Å². The van der Waals surface area contributed by atoms with E-state index in [2.05, 4.69) is 25.2 Å². The van der Waals surface area contributed by atoms with E-state index < -0.39 is 0 Å². The van der Waals surface area contributed by atoms with Crippen LogP contribution in [0.4, 0.5) is 17.1 Å². The van der Waals surface area contributed by atoms with Gasteiger partial charge in [-0.15, -0.1) is 0 Å². The first-order valence-electron chi connectivity index (χ1n) is 9.39. The van der Waals surface area contributed by atoms with E-state index in [9.17, 15) is 4.79 Å². The third-order valence-electron chi connectivity index (χ3n) is 4.84. The molecule has 0 saturated carbocycles. The lowest BCUT2D eigenvalue weighted by Gasteiger charge is -2.30. The Hall–Kier alpha value is -3.48.